The van der Waals surface area contributed by atoms with Crippen molar-refractivity contribution in [1.82, 2.24) is 25.5 Å². The van der Waals surface area contributed by atoms with Gasteiger partial charge in [0.05, 0.1) is 28.1 Å². The number of fused-ring (bicyclic) bond motifs is 5. The van der Waals surface area contributed by atoms with Gasteiger partial charge in [-0.1, -0.05) is 19.9 Å². The molecule has 1 N–H and O–H groups in total. The Labute approximate surface area is 218 Å². The Bertz CT molecular complexity index is 1490. The molecule has 2 aromatic heterocycles. The molecule has 3 aliphatic rings. The zero-order valence-electron chi connectivity index (χ0n) is 21.2. The van der Waals surface area contributed by atoms with E-state index in [9.17, 15) is 13.6 Å². The van der Waals surface area contributed by atoms with Gasteiger partial charge in [0.2, 0.25) is 11.6 Å². The van der Waals surface area contributed by atoms with Gasteiger partial charge in [-0.15, -0.1) is 15.3 Å². The lowest BCUT2D eigenvalue weighted by molar-refractivity contribution is -0.121. The summed E-state index contributed by atoms with van der Waals surface area (Å²) >= 11 is 0. The van der Waals surface area contributed by atoms with Crippen molar-refractivity contribution >= 4 is 12.2 Å². The van der Waals surface area contributed by atoms with E-state index in [1.807, 2.05) is 6.07 Å². The largest absolute Gasteiger partial charge is 0.359 e. The van der Waals surface area contributed by atoms with Crippen molar-refractivity contribution in [2.75, 3.05) is 7.05 Å². The fraction of sp³-hybridized carbons (Fsp3) is 0.407. The van der Waals surface area contributed by atoms with Crippen LogP contribution in [0.15, 0.2) is 51.7 Å². The lowest BCUT2D eigenvalue weighted by Gasteiger charge is -2.37. The smallest absolute Gasteiger partial charge is 0.232 e. The second kappa shape index (κ2) is 8.50. The molecule has 9 nitrogen and oxygen atoms in total. The quantitative estimate of drug-likeness (QED) is 0.514. The third kappa shape index (κ3) is 3.26. The molecule has 1 saturated carbocycles. The average Bonchev–Trinajstić information content (AvgIpc) is 3.56. The molecule has 0 saturated heterocycles. The van der Waals surface area contributed by atoms with Crippen LogP contribution < -0.4 is 5.32 Å². The molecule has 1 aromatic carbocycles. The van der Waals surface area contributed by atoms with E-state index >= 15 is 0 Å². The molecular formula is C27H26F2N8O. The molecule has 0 radical (unpaired) electrons. The van der Waals surface area contributed by atoms with Crippen molar-refractivity contribution in [2.45, 2.75) is 56.5 Å². The van der Waals surface area contributed by atoms with Gasteiger partial charge >= 0.3 is 0 Å². The first-order valence-corrected chi connectivity index (χ1v) is 12.6. The number of carbonyl (C=O) groups is 1. The standard InChI is InChI=1S/C27H26F2N8O/c1-25(2)16-7-10-26(25,23-15(16)13-19(35-36-23)22-17(28)5-4-6-18(22)29)20-9-12-31-24(34-20)27(32-14-33-37-27)11-8-21(38)30-3/h4-6,9,12-14,16H,7-8,10-11H2,1-3H3,(H,30,38)/t16-,26-,27?/m0/s1. The van der Waals surface area contributed by atoms with Gasteiger partial charge in [0.25, 0.3) is 0 Å². The molecule has 1 unspecified atom stereocenters. The summed E-state index contributed by atoms with van der Waals surface area (Å²) in [6.07, 6.45) is 5.13. The second-order valence-electron chi connectivity index (χ2n) is 10.6. The second-order valence-corrected chi connectivity index (χ2v) is 10.6. The van der Waals surface area contributed by atoms with Crippen LogP contribution in [0.5, 0.6) is 0 Å². The first-order valence-electron chi connectivity index (χ1n) is 12.6. The number of azo groups is 1. The molecule has 3 heterocycles. The van der Waals surface area contributed by atoms with E-state index in [2.05, 4.69) is 49.6 Å². The minimum Gasteiger partial charge on any atom is -0.359 e. The van der Waals surface area contributed by atoms with E-state index in [1.54, 1.807) is 19.3 Å². The fourth-order valence-electron chi connectivity index (χ4n) is 6.56. The zero-order valence-corrected chi connectivity index (χ0v) is 21.2. The topological polar surface area (TPSA) is 118 Å². The number of aromatic nitrogens is 4. The molecule has 3 aromatic rings. The minimum atomic E-state index is -1.18. The van der Waals surface area contributed by atoms with E-state index < -0.39 is 22.7 Å². The van der Waals surface area contributed by atoms with Gasteiger partial charge in [-0.3, -0.25) is 4.79 Å². The summed E-state index contributed by atoms with van der Waals surface area (Å²) in [5.41, 5.74) is 0.370. The van der Waals surface area contributed by atoms with E-state index in [-0.39, 0.29) is 41.3 Å². The Balaban J connectivity index is 1.46. The Kier molecular flexibility index (Phi) is 5.44. The van der Waals surface area contributed by atoms with Crippen molar-refractivity contribution in [3.8, 4) is 11.3 Å². The van der Waals surface area contributed by atoms with Crippen LogP contribution in [-0.4, -0.2) is 39.5 Å². The van der Waals surface area contributed by atoms with Crippen molar-refractivity contribution in [2.24, 2.45) is 20.6 Å². The maximum atomic E-state index is 14.6. The highest BCUT2D eigenvalue weighted by Gasteiger charge is 2.65. The molecule has 1 fully saturated rings. The number of hydrogen-bond donors (Lipinski definition) is 1. The number of amides is 1. The first-order chi connectivity index (χ1) is 18.2. The lowest BCUT2D eigenvalue weighted by Crippen LogP contribution is -2.38. The fourth-order valence-corrected chi connectivity index (χ4v) is 6.56. The Morgan fingerprint density at radius 1 is 1.16 bits per heavy atom. The van der Waals surface area contributed by atoms with Gasteiger partial charge in [0.15, 0.2) is 5.82 Å². The van der Waals surface area contributed by atoms with Gasteiger partial charge in [-0.2, -0.15) is 5.10 Å². The number of nitrogens with one attached hydrogen (secondary N) is 1. The van der Waals surface area contributed by atoms with Gasteiger partial charge < -0.3 is 5.32 Å². The number of halogens is 2. The summed E-state index contributed by atoms with van der Waals surface area (Å²) in [5, 5.41) is 19.8. The monoisotopic (exact) mass is 516 g/mol. The highest BCUT2D eigenvalue weighted by Crippen LogP contribution is 2.69. The highest BCUT2D eigenvalue weighted by atomic mass is 19.1. The molecule has 6 rings (SSSR count). The number of carbonyl (C=O) groups excluding carboxylic acids is 1. The molecule has 3 atom stereocenters. The van der Waals surface area contributed by atoms with Gasteiger partial charge in [-0.05, 0) is 54.0 Å². The van der Waals surface area contributed by atoms with Crippen molar-refractivity contribution in [3.05, 3.63) is 70.9 Å². The predicted octanol–water partition coefficient (Wildman–Crippen LogP) is 4.59. The number of benzene rings is 1. The molecule has 0 spiro atoms. The molecule has 1 amide bonds. The van der Waals surface area contributed by atoms with Gasteiger partial charge in [0, 0.05) is 26.1 Å². The Morgan fingerprint density at radius 2 is 1.95 bits per heavy atom. The molecule has 38 heavy (non-hydrogen) atoms. The summed E-state index contributed by atoms with van der Waals surface area (Å²) < 4.78 is 29.1. The molecule has 2 aliphatic carbocycles. The van der Waals surface area contributed by atoms with Gasteiger partial charge in [-0.25, -0.2) is 23.7 Å². The van der Waals surface area contributed by atoms with Crippen LogP contribution in [0.2, 0.25) is 0 Å². The average molecular weight is 517 g/mol. The number of rotatable bonds is 6. The Hall–Kier alpha value is -4.02. The summed E-state index contributed by atoms with van der Waals surface area (Å²) in [6.45, 7) is 4.35. The van der Waals surface area contributed by atoms with Crippen LogP contribution in [0.4, 0.5) is 8.78 Å². The number of nitrogens with zero attached hydrogens (tertiary/aromatic N) is 7. The van der Waals surface area contributed by atoms with Crippen LogP contribution in [0.1, 0.15) is 68.2 Å². The highest BCUT2D eigenvalue weighted by molar-refractivity contribution is 5.75. The van der Waals surface area contributed by atoms with E-state index in [1.165, 1.54) is 24.5 Å². The van der Waals surface area contributed by atoms with Crippen LogP contribution >= 0.6 is 0 Å². The van der Waals surface area contributed by atoms with Crippen molar-refractivity contribution in [1.29, 1.82) is 0 Å². The molecule has 2 bridgehead atoms. The van der Waals surface area contributed by atoms with Crippen LogP contribution in [0.3, 0.4) is 0 Å². The zero-order chi connectivity index (χ0) is 26.7. The number of hydrogen-bond acceptors (Lipinski definition) is 8. The summed E-state index contributed by atoms with van der Waals surface area (Å²) in [5.74, 6) is -1.03. The minimum absolute atomic E-state index is 0.103. The SMILES string of the molecule is CNC(=O)CCC1(c2nccc([C@@]34CC[C@@H](c5cc(-c6c(F)cccc6F)nnc53)C4(C)C)n2)N=CN=N1. The maximum absolute atomic E-state index is 14.6. The first kappa shape index (κ1) is 24.3. The van der Waals surface area contributed by atoms with E-state index in [4.69, 9.17) is 4.98 Å². The third-order valence-electron chi connectivity index (χ3n) is 8.58. The summed E-state index contributed by atoms with van der Waals surface area (Å²) in [7, 11) is 1.58. The van der Waals surface area contributed by atoms with Crippen LogP contribution in [0.25, 0.3) is 11.3 Å². The van der Waals surface area contributed by atoms with Crippen molar-refractivity contribution < 1.29 is 13.6 Å². The van der Waals surface area contributed by atoms with E-state index in [0.717, 1.165) is 29.8 Å². The van der Waals surface area contributed by atoms with Crippen LogP contribution in [-0.2, 0) is 15.9 Å². The lowest BCUT2D eigenvalue weighted by atomic mass is 9.66. The van der Waals surface area contributed by atoms with Gasteiger partial charge in [0.1, 0.15) is 18.0 Å². The molecule has 1 aliphatic heterocycles. The number of aliphatic imine (C=N–C) groups is 1. The Morgan fingerprint density at radius 3 is 2.66 bits per heavy atom. The van der Waals surface area contributed by atoms with Crippen LogP contribution in [0, 0.1) is 17.0 Å². The summed E-state index contributed by atoms with van der Waals surface area (Å²) in [4.78, 5) is 25.9. The third-order valence-corrected chi connectivity index (χ3v) is 8.58. The molecule has 11 heteroatoms. The predicted molar refractivity (Wildman–Crippen MR) is 134 cm³/mol. The molecular weight excluding hydrogens is 490 g/mol. The maximum Gasteiger partial charge on any atom is 0.232 e. The normalized spacial score (nSPS) is 26.1. The van der Waals surface area contributed by atoms with Crippen molar-refractivity contribution in [3.63, 3.8) is 0 Å². The molecule has 194 valence electrons. The summed E-state index contributed by atoms with van der Waals surface area (Å²) in [6, 6.07) is 7.42. The van der Waals surface area contributed by atoms with E-state index in [0.29, 0.717) is 5.82 Å².